The number of oxime groups is 1. The summed E-state index contributed by atoms with van der Waals surface area (Å²) in [5.74, 6) is 0.782. The van der Waals surface area contributed by atoms with Crippen molar-refractivity contribution in [3.05, 3.63) is 53.5 Å². The number of rotatable bonds is 4. The lowest BCUT2D eigenvalue weighted by Gasteiger charge is -2.04. The van der Waals surface area contributed by atoms with Crippen LogP contribution in [-0.4, -0.2) is 16.8 Å². The van der Waals surface area contributed by atoms with Crippen molar-refractivity contribution in [2.45, 2.75) is 20.3 Å². The number of nitrogens with zero attached hydrogens (tertiary/aromatic N) is 1. The Balaban J connectivity index is 2.08. The number of benzene rings is 1. The van der Waals surface area contributed by atoms with E-state index in [1.807, 2.05) is 6.92 Å². The molecule has 1 aromatic carbocycles. The van der Waals surface area contributed by atoms with E-state index in [-0.39, 0.29) is 5.91 Å². The Kier molecular flexibility index (Phi) is 4.20. The molecule has 0 saturated heterocycles. The van der Waals surface area contributed by atoms with Crippen LogP contribution < -0.4 is 5.32 Å². The Morgan fingerprint density at radius 2 is 1.95 bits per heavy atom. The lowest BCUT2D eigenvalue weighted by molar-refractivity contribution is 0.0995. The second-order valence-corrected chi connectivity index (χ2v) is 4.34. The van der Waals surface area contributed by atoms with Gasteiger partial charge in [0.1, 0.15) is 5.76 Å². The molecule has 0 fully saturated rings. The lowest BCUT2D eigenvalue weighted by atomic mass is 10.1. The highest BCUT2D eigenvalue weighted by atomic mass is 16.4. The predicted molar refractivity (Wildman–Crippen MR) is 76.5 cm³/mol. The molecule has 0 aliphatic heterocycles. The molecule has 0 bridgehead atoms. The maximum absolute atomic E-state index is 11.9. The molecule has 104 valence electrons. The molecule has 1 amide bonds. The number of anilines is 1. The molecule has 5 nitrogen and oxygen atoms in total. The summed E-state index contributed by atoms with van der Waals surface area (Å²) in [6, 6.07) is 10.5. The minimum Gasteiger partial charge on any atom is -0.456 e. The third-order valence-corrected chi connectivity index (χ3v) is 2.94. The molecule has 2 aromatic rings. The molecule has 20 heavy (non-hydrogen) atoms. The van der Waals surface area contributed by atoms with Gasteiger partial charge in [-0.2, -0.15) is 0 Å². The first kappa shape index (κ1) is 13.9. The number of carbonyl (C=O) groups is 1. The molecular formula is C15H16N2O3. The van der Waals surface area contributed by atoms with E-state index in [9.17, 15) is 4.79 Å². The van der Waals surface area contributed by atoms with Crippen molar-refractivity contribution in [3.63, 3.8) is 0 Å². The highest BCUT2D eigenvalue weighted by Crippen LogP contribution is 2.14. The van der Waals surface area contributed by atoms with E-state index in [1.165, 1.54) is 0 Å². The summed E-state index contributed by atoms with van der Waals surface area (Å²) in [5.41, 5.74) is 1.96. The van der Waals surface area contributed by atoms with Gasteiger partial charge in [0.25, 0.3) is 5.91 Å². The zero-order chi connectivity index (χ0) is 14.5. The quantitative estimate of drug-likeness (QED) is 0.509. The van der Waals surface area contributed by atoms with Crippen LogP contribution in [0.2, 0.25) is 0 Å². The smallest absolute Gasteiger partial charge is 0.291 e. The van der Waals surface area contributed by atoms with Gasteiger partial charge in [0, 0.05) is 12.1 Å². The van der Waals surface area contributed by atoms with Gasteiger partial charge >= 0.3 is 0 Å². The Labute approximate surface area is 116 Å². The molecule has 1 aromatic heterocycles. The van der Waals surface area contributed by atoms with E-state index in [0.29, 0.717) is 17.2 Å². The molecule has 0 spiro atoms. The standard InChI is InChI=1S/C15H16N2O3/c1-3-13-8-9-14(20-13)15(18)16-12-6-4-11(5-7-12)10(2)17-19/h4-9,19H,3H2,1-2H3,(H,16,18). The van der Waals surface area contributed by atoms with E-state index in [4.69, 9.17) is 9.62 Å². The predicted octanol–water partition coefficient (Wildman–Crippen LogP) is 3.29. The van der Waals surface area contributed by atoms with Crippen molar-refractivity contribution >= 4 is 17.3 Å². The maximum Gasteiger partial charge on any atom is 0.291 e. The number of nitrogens with one attached hydrogen (secondary N) is 1. The van der Waals surface area contributed by atoms with Crippen LogP contribution in [0, 0.1) is 0 Å². The van der Waals surface area contributed by atoms with E-state index in [1.54, 1.807) is 43.3 Å². The minimum absolute atomic E-state index is 0.287. The molecule has 2 N–H and O–H groups in total. The first-order valence-electron chi connectivity index (χ1n) is 6.33. The van der Waals surface area contributed by atoms with Gasteiger partial charge in [0.2, 0.25) is 0 Å². The van der Waals surface area contributed by atoms with Crippen LogP contribution in [-0.2, 0) is 6.42 Å². The summed E-state index contributed by atoms with van der Waals surface area (Å²) in [6.07, 6.45) is 0.752. The molecule has 0 unspecified atom stereocenters. The van der Waals surface area contributed by atoms with Crippen LogP contribution in [0.1, 0.15) is 35.7 Å². The molecule has 5 heteroatoms. The Morgan fingerprint density at radius 3 is 2.50 bits per heavy atom. The summed E-state index contributed by atoms with van der Waals surface area (Å²) in [7, 11) is 0. The van der Waals surface area contributed by atoms with Gasteiger partial charge in [-0.05, 0) is 36.8 Å². The number of aryl methyl sites for hydroxylation is 1. The van der Waals surface area contributed by atoms with Crippen LogP contribution in [0.3, 0.4) is 0 Å². The highest BCUT2D eigenvalue weighted by molar-refractivity contribution is 6.03. The van der Waals surface area contributed by atoms with Crippen molar-refractivity contribution < 1.29 is 14.4 Å². The summed E-state index contributed by atoms with van der Waals surface area (Å²) in [6.45, 7) is 3.66. The van der Waals surface area contributed by atoms with Gasteiger partial charge in [-0.3, -0.25) is 4.79 Å². The number of carbonyl (C=O) groups excluding carboxylic acids is 1. The molecule has 0 aliphatic carbocycles. The number of amides is 1. The normalized spacial score (nSPS) is 11.4. The van der Waals surface area contributed by atoms with E-state index < -0.39 is 0 Å². The van der Waals surface area contributed by atoms with Crippen LogP contribution in [0.4, 0.5) is 5.69 Å². The fraction of sp³-hybridized carbons (Fsp3) is 0.200. The third kappa shape index (κ3) is 3.06. The van der Waals surface area contributed by atoms with Gasteiger partial charge in [-0.15, -0.1) is 0 Å². The van der Waals surface area contributed by atoms with Gasteiger partial charge in [0.15, 0.2) is 5.76 Å². The van der Waals surface area contributed by atoms with Crippen molar-refractivity contribution in [2.75, 3.05) is 5.32 Å². The molecule has 2 rings (SSSR count). The van der Waals surface area contributed by atoms with Crippen molar-refractivity contribution in [1.29, 1.82) is 0 Å². The average molecular weight is 272 g/mol. The fourth-order valence-corrected chi connectivity index (χ4v) is 1.74. The minimum atomic E-state index is -0.287. The fourth-order valence-electron chi connectivity index (χ4n) is 1.74. The molecule has 0 aliphatic rings. The molecule has 0 saturated carbocycles. The Hall–Kier alpha value is -2.56. The summed E-state index contributed by atoms with van der Waals surface area (Å²) >= 11 is 0. The number of furan rings is 1. The first-order chi connectivity index (χ1) is 9.63. The van der Waals surface area contributed by atoms with E-state index in [2.05, 4.69) is 10.5 Å². The van der Waals surface area contributed by atoms with Crippen LogP contribution in [0.15, 0.2) is 46.0 Å². The second kappa shape index (κ2) is 6.06. The SMILES string of the molecule is CCc1ccc(C(=O)Nc2ccc(C(C)=NO)cc2)o1. The first-order valence-corrected chi connectivity index (χ1v) is 6.33. The zero-order valence-corrected chi connectivity index (χ0v) is 11.4. The third-order valence-electron chi connectivity index (χ3n) is 2.94. The van der Waals surface area contributed by atoms with E-state index >= 15 is 0 Å². The molecule has 0 radical (unpaired) electrons. The van der Waals surface area contributed by atoms with Crippen LogP contribution >= 0.6 is 0 Å². The second-order valence-electron chi connectivity index (χ2n) is 4.34. The highest BCUT2D eigenvalue weighted by Gasteiger charge is 2.10. The lowest BCUT2D eigenvalue weighted by Crippen LogP contribution is -2.11. The van der Waals surface area contributed by atoms with Gasteiger partial charge in [0.05, 0.1) is 5.71 Å². The number of hydrogen-bond acceptors (Lipinski definition) is 4. The molecular weight excluding hydrogens is 256 g/mol. The number of hydrogen-bond donors (Lipinski definition) is 2. The Bertz CT molecular complexity index is 627. The van der Waals surface area contributed by atoms with Crippen LogP contribution in [0.5, 0.6) is 0 Å². The monoisotopic (exact) mass is 272 g/mol. The largest absolute Gasteiger partial charge is 0.456 e. The van der Waals surface area contributed by atoms with Crippen molar-refractivity contribution in [2.24, 2.45) is 5.16 Å². The van der Waals surface area contributed by atoms with Crippen molar-refractivity contribution in [3.8, 4) is 0 Å². The van der Waals surface area contributed by atoms with Crippen LogP contribution in [0.25, 0.3) is 0 Å². The summed E-state index contributed by atoms with van der Waals surface area (Å²) in [5, 5.41) is 14.6. The van der Waals surface area contributed by atoms with Gasteiger partial charge < -0.3 is 14.9 Å². The molecule has 0 atom stereocenters. The average Bonchev–Trinajstić information content (AvgIpc) is 2.96. The van der Waals surface area contributed by atoms with Gasteiger partial charge in [-0.25, -0.2) is 0 Å². The zero-order valence-electron chi connectivity index (χ0n) is 11.4. The molecule has 1 heterocycles. The van der Waals surface area contributed by atoms with E-state index in [0.717, 1.165) is 17.7 Å². The van der Waals surface area contributed by atoms with Gasteiger partial charge in [-0.1, -0.05) is 24.2 Å². The van der Waals surface area contributed by atoms with Crippen molar-refractivity contribution in [1.82, 2.24) is 0 Å². The maximum atomic E-state index is 11.9. The topological polar surface area (TPSA) is 74.8 Å². The Morgan fingerprint density at radius 1 is 1.25 bits per heavy atom. The summed E-state index contributed by atoms with van der Waals surface area (Å²) in [4.78, 5) is 11.9. The summed E-state index contributed by atoms with van der Waals surface area (Å²) < 4.78 is 5.38.